The Morgan fingerprint density at radius 3 is 2.60 bits per heavy atom. The van der Waals surface area contributed by atoms with Gasteiger partial charge in [0.1, 0.15) is 6.29 Å². The molecule has 0 aliphatic heterocycles. The maximum atomic E-state index is 12.1. The number of aldehydes is 1. The van der Waals surface area contributed by atoms with Gasteiger partial charge in [-0.15, -0.1) is 0 Å². The number of carbonyl (C=O) groups excluding carboxylic acids is 2. The SMILES string of the molecule is CC[C@]1(O)CC[C@H]2[C@@H]3CCC4=CC(=O)CCC4=C3[C@@H](c3ccc(C=O)cc3)C[C@@]21C. The van der Waals surface area contributed by atoms with Crippen LogP contribution in [0.2, 0.25) is 0 Å². The van der Waals surface area contributed by atoms with E-state index in [9.17, 15) is 14.7 Å². The molecule has 3 nitrogen and oxygen atoms in total. The normalized spacial score (nSPS) is 37.9. The summed E-state index contributed by atoms with van der Waals surface area (Å²) in [6.07, 6.45) is 10.1. The summed E-state index contributed by atoms with van der Waals surface area (Å²) in [6.45, 7) is 4.46. The Labute approximate surface area is 179 Å². The largest absolute Gasteiger partial charge is 0.389 e. The maximum absolute atomic E-state index is 12.1. The van der Waals surface area contributed by atoms with Crippen molar-refractivity contribution < 1.29 is 14.7 Å². The highest BCUT2D eigenvalue weighted by Gasteiger charge is 2.62. The van der Waals surface area contributed by atoms with E-state index in [1.54, 1.807) is 5.57 Å². The zero-order valence-electron chi connectivity index (χ0n) is 18.1. The molecule has 0 bridgehead atoms. The molecule has 5 rings (SSSR count). The molecule has 0 unspecified atom stereocenters. The second-order valence-corrected chi connectivity index (χ2v) is 10.2. The van der Waals surface area contributed by atoms with Crippen LogP contribution in [0.15, 0.2) is 47.1 Å². The fourth-order valence-corrected chi connectivity index (χ4v) is 7.44. The highest BCUT2D eigenvalue weighted by molar-refractivity contribution is 5.93. The van der Waals surface area contributed by atoms with Gasteiger partial charge in [-0.25, -0.2) is 0 Å². The number of hydrogen-bond donors (Lipinski definition) is 1. The van der Waals surface area contributed by atoms with Gasteiger partial charge in [0.15, 0.2) is 5.78 Å². The molecule has 1 N–H and O–H groups in total. The van der Waals surface area contributed by atoms with E-state index in [-0.39, 0.29) is 17.1 Å². The summed E-state index contributed by atoms with van der Waals surface area (Å²) < 4.78 is 0. The number of benzene rings is 1. The van der Waals surface area contributed by atoms with E-state index in [2.05, 4.69) is 26.0 Å². The van der Waals surface area contributed by atoms with Crippen molar-refractivity contribution >= 4 is 12.1 Å². The number of fused-ring (bicyclic) bond motifs is 4. The van der Waals surface area contributed by atoms with Gasteiger partial charge >= 0.3 is 0 Å². The Bertz CT molecular complexity index is 953. The quantitative estimate of drug-likeness (QED) is 0.673. The monoisotopic (exact) mass is 404 g/mol. The summed E-state index contributed by atoms with van der Waals surface area (Å²) >= 11 is 0. The van der Waals surface area contributed by atoms with Crippen LogP contribution in [0.5, 0.6) is 0 Å². The summed E-state index contributed by atoms with van der Waals surface area (Å²) in [5.41, 5.74) is 5.48. The first-order chi connectivity index (χ1) is 14.4. The van der Waals surface area contributed by atoms with Gasteiger partial charge in [0.25, 0.3) is 0 Å². The van der Waals surface area contributed by atoms with Gasteiger partial charge < -0.3 is 5.11 Å². The molecule has 4 aliphatic rings. The predicted molar refractivity (Wildman–Crippen MR) is 117 cm³/mol. The molecule has 1 aromatic carbocycles. The number of aliphatic hydroxyl groups is 1. The fourth-order valence-electron chi connectivity index (χ4n) is 7.44. The molecule has 0 saturated heterocycles. The number of ketones is 1. The third kappa shape index (κ3) is 2.74. The van der Waals surface area contributed by atoms with Gasteiger partial charge in [0.05, 0.1) is 5.60 Å². The molecule has 1 aromatic rings. The number of allylic oxidation sites excluding steroid dienone is 4. The highest BCUT2D eigenvalue weighted by atomic mass is 16.3. The molecule has 0 spiro atoms. The third-order valence-electron chi connectivity index (χ3n) is 9.12. The molecular weight excluding hydrogens is 372 g/mol. The van der Waals surface area contributed by atoms with Crippen LogP contribution >= 0.6 is 0 Å². The van der Waals surface area contributed by atoms with Crippen molar-refractivity contribution in [2.75, 3.05) is 0 Å². The zero-order chi connectivity index (χ0) is 21.1. The van der Waals surface area contributed by atoms with E-state index in [1.807, 2.05) is 18.2 Å². The first-order valence-corrected chi connectivity index (χ1v) is 11.6. The maximum Gasteiger partial charge on any atom is 0.156 e. The van der Waals surface area contributed by atoms with Gasteiger partial charge in [-0.1, -0.05) is 43.7 Å². The average Bonchev–Trinajstić information content (AvgIpc) is 3.04. The van der Waals surface area contributed by atoms with Crippen molar-refractivity contribution in [3.05, 3.63) is 58.2 Å². The predicted octanol–water partition coefficient (Wildman–Crippen LogP) is 5.54. The lowest BCUT2D eigenvalue weighted by Crippen LogP contribution is -2.51. The van der Waals surface area contributed by atoms with Crippen molar-refractivity contribution in [2.45, 2.75) is 76.7 Å². The van der Waals surface area contributed by atoms with Crippen molar-refractivity contribution in [3.8, 4) is 0 Å². The van der Waals surface area contributed by atoms with Crippen molar-refractivity contribution in [2.24, 2.45) is 17.3 Å². The standard InChI is InChI=1S/C27H32O3/c1-3-27(30)13-12-24-22-10-8-19-14-20(29)9-11-21(19)25(22)23(15-26(24,27)2)18-6-4-17(16-28)5-7-18/h4-7,14,16,22-24,30H,3,8-13,15H2,1-2H3/t22-,23+,24-,26-,27-/m0/s1. The molecule has 3 heteroatoms. The van der Waals surface area contributed by atoms with Gasteiger partial charge in [-0.05, 0) is 79.6 Å². The lowest BCUT2D eigenvalue weighted by Gasteiger charge is -2.55. The molecule has 158 valence electrons. The Morgan fingerprint density at radius 1 is 1.13 bits per heavy atom. The smallest absolute Gasteiger partial charge is 0.156 e. The van der Waals surface area contributed by atoms with Gasteiger partial charge in [-0.3, -0.25) is 9.59 Å². The summed E-state index contributed by atoms with van der Waals surface area (Å²) in [4.78, 5) is 23.3. The lowest BCUT2D eigenvalue weighted by atomic mass is 9.51. The van der Waals surface area contributed by atoms with Crippen LogP contribution in [0.4, 0.5) is 0 Å². The van der Waals surface area contributed by atoms with E-state index in [0.29, 0.717) is 23.8 Å². The summed E-state index contributed by atoms with van der Waals surface area (Å²) in [6, 6.07) is 8.05. The highest BCUT2D eigenvalue weighted by Crippen LogP contribution is 2.67. The molecule has 0 heterocycles. The summed E-state index contributed by atoms with van der Waals surface area (Å²) in [5.74, 6) is 1.51. The molecule has 30 heavy (non-hydrogen) atoms. The summed E-state index contributed by atoms with van der Waals surface area (Å²) in [7, 11) is 0. The Kier molecular flexibility index (Phi) is 4.66. The van der Waals surface area contributed by atoms with Crippen LogP contribution in [0.1, 0.15) is 87.1 Å². The fraction of sp³-hybridized carbons (Fsp3) is 0.556. The van der Waals surface area contributed by atoms with E-state index in [4.69, 9.17) is 0 Å². The number of hydrogen-bond acceptors (Lipinski definition) is 3. The Morgan fingerprint density at radius 2 is 1.90 bits per heavy atom. The molecule has 4 aliphatic carbocycles. The minimum atomic E-state index is -0.604. The van der Waals surface area contributed by atoms with Gasteiger partial charge in [-0.2, -0.15) is 0 Å². The lowest BCUT2D eigenvalue weighted by molar-refractivity contribution is -0.114. The van der Waals surface area contributed by atoms with E-state index >= 15 is 0 Å². The number of rotatable bonds is 3. The third-order valence-corrected chi connectivity index (χ3v) is 9.12. The van der Waals surface area contributed by atoms with Crippen molar-refractivity contribution in [1.29, 1.82) is 0 Å². The van der Waals surface area contributed by atoms with Gasteiger partial charge in [0.2, 0.25) is 0 Å². The van der Waals surface area contributed by atoms with Crippen LogP contribution in [-0.4, -0.2) is 22.8 Å². The first-order valence-electron chi connectivity index (χ1n) is 11.6. The first kappa shape index (κ1) is 19.9. The Balaban J connectivity index is 1.68. The second-order valence-electron chi connectivity index (χ2n) is 10.2. The van der Waals surface area contributed by atoms with Gasteiger partial charge in [0, 0.05) is 23.3 Å². The van der Waals surface area contributed by atoms with Crippen LogP contribution in [0.3, 0.4) is 0 Å². The Hall–Kier alpha value is -2.00. The molecule has 0 aromatic heterocycles. The minimum absolute atomic E-state index is 0.101. The molecule has 0 amide bonds. The van der Waals surface area contributed by atoms with E-state index < -0.39 is 5.60 Å². The second kappa shape index (κ2) is 7.02. The topological polar surface area (TPSA) is 54.4 Å². The van der Waals surface area contributed by atoms with Crippen molar-refractivity contribution in [3.63, 3.8) is 0 Å². The molecule has 2 saturated carbocycles. The average molecular weight is 405 g/mol. The molecular formula is C27H32O3. The molecule has 0 radical (unpaired) electrons. The number of carbonyl (C=O) groups is 2. The van der Waals surface area contributed by atoms with E-state index in [0.717, 1.165) is 51.2 Å². The van der Waals surface area contributed by atoms with Crippen LogP contribution in [-0.2, 0) is 4.79 Å². The van der Waals surface area contributed by atoms with Crippen molar-refractivity contribution in [1.82, 2.24) is 0 Å². The summed E-state index contributed by atoms with van der Waals surface area (Å²) in [5, 5.41) is 11.6. The minimum Gasteiger partial charge on any atom is -0.389 e. The van der Waals surface area contributed by atoms with E-state index in [1.165, 1.54) is 16.7 Å². The molecule has 5 atom stereocenters. The van der Waals surface area contributed by atoms with Crippen LogP contribution < -0.4 is 0 Å². The zero-order valence-corrected chi connectivity index (χ0v) is 18.1. The van der Waals surface area contributed by atoms with Crippen LogP contribution in [0.25, 0.3) is 0 Å². The van der Waals surface area contributed by atoms with Crippen LogP contribution in [0, 0.1) is 17.3 Å². The molecule has 2 fully saturated rings.